The maximum atomic E-state index is 12.6. The van der Waals surface area contributed by atoms with E-state index in [1.165, 1.54) is 11.3 Å². The van der Waals surface area contributed by atoms with Crippen LogP contribution in [0.15, 0.2) is 29.9 Å². The molecule has 0 aromatic carbocycles. The molecule has 2 aromatic heterocycles. The summed E-state index contributed by atoms with van der Waals surface area (Å²) in [6.07, 6.45) is 4.09. The Balaban J connectivity index is 1.31. The van der Waals surface area contributed by atoms with Crippen LogP contribution in [0.3, 0.4) is 0 Å². The van der Waals surface area contributed by atoms with Crippen molar-refractivity contribution in [3.63, 3.8) is 0 Å². The second kappa shape index (κ2) is 7.74. The fraction of sp³-hybridized carbons (Fsp3) is 0.474. The molecule has 0 aliphatic carbocycles. The molecule has 2 amide bonds. The third kappa shape index (κ3) is 3.86. The van der Waals surface area contributed by atoms with Crippen LogP contribution in [0.5, 0.6) is 0 Å². The Hall–Kier alpha value is -2.32. The van der Waals surface area contributed by atoms with Gasteiger partial charge in [0.2, 0.25) is 0 Å². The number of nitrogens with one attached hydrogen (secondary N) is 1. The fourth-order valence-corrected chi connectivity index (χ4v) is 4.49. The highest BCUT2D eigenvalue weighted by atomic mass is 32.1. The minimum atomic E-state index is -0.115. The van der Waals surface area contributed by atoms with Crippen molar-refractivity contribution in [2.75, 3.05) is 26.2 Å². The lowest BCUT2D eigenvalue weighted by atomic mass is 9.84. The lowest BCUT2D eigenvalue weighted by Crippen LogP contribution is -2.46. The average molecular weight is 386 g/mol. The SMILES string of the molecule is Cc1nc(C(=O)N2CC[C@H]3[C@H](CO[C@H]3CNC(=O)c3ccncc3)C2)cs1. The number of pyridine rings is 1. The predicted molar refractivity (Wildman–Crippen MR) is 101 cm³/mol. The quantitative estimate of drug-likeness (QED) is 0.865. The van der Waals surface area contributed by atoms with Crippen LogP contribution < -0.4 is 5.32 Å². The van der Waals surface area contributed by atoms with Crippen molar-refractivity contribution in [2.45, 2.75) is 19.4 Å². The number of nitrogens with zero attached hydrogens (tertiary/aromatic N) is 3. The summed E-state index contributed by atoms with van der Waals surface area (Å²) in [4.78, 5) is 34.9. The van der Waals surface area contributed by atoms with Crippen molar-refractivity contribution < 1.29 is 14.3 Å². The van der Waals surface area contributed by atoms with E-state index >= 15 is 0 Å². The molecular weight excluding hydrogens is 364 g/mol. The molecule has 0 radical (unpaired) electrons. The number of likely N-dealkylation sites (tertiary alicyclic amines) is 1. The maximum absolute atomic E-state index is 12.6. The van der Waals surface area contributed by atoms with Gasteiger partial charge in [-0.05, 0) is 31.4 Å². The molecule has 7 nitrogen and oxygen atoms in total. The molecule has 0 unspecified atom stereocenters. The first-order valence-electron chi connectivity index (χ1n) is 9.13. The van der Waals surface area contributed by atoms with Gasteiger partial charge in [0.1, 0.15) is 5.69 Å². The molecule has 0 saturated carbocycles. The second-order valence-corrected chi connectivity index (χ2v) is 8.10. The van der Waals surface area contributed by atoms with Gasteiger partial charge in [0.05, 0.1) is 17.7 Å². The second-order valence-electron chi connectivity index (χ2n) is 7.03. The fourth-order valence-electron chi connectivity index (χ4n) is 3.90. The molecule has 2 aromatic rings. The maximum Gasteiger partial charge on any atom is 0.273 e. The Morgan fingerprint density at radius 2 is 2.19 bits per heavy atom. The summed E-state index contributed by atoms with van der Waals surface area (Å²) in [5, 5.41) is 5.69. The van der Waals surface area contributed by atoms with E-state index in [2.05, 4.69) is 15.3 Å². The predicted octanol–water partition coefficient (Wildman–Crippen LogP) is 1.75. The smallest absolute Gasteiger partial charge is 0.273 e. The van der Waals surface area contributed by atoms with E-state index in [-0.39, 0.29) is 17.9 Å². The van der Waals surface area contributed by atoms with Gasteiger partial charge in [0.25, 0.3) is 11.8 Å². The molecule has 4 rings (SSSR count). The largest absolute Gasteiger partial charge is 0.376 e. The Morgan fingerprint density at radius 3 is 2.93 bits per heavy atom. The van der Waals surface area contributed by atoms with Crippen LogP contribution >= 0.6 is 11.3 Å². The molecule has 142 valence electrons. The number of fused-ring (bicyclic) bond motifs is 1. The van der Waals surface area contributed by atoms with Crippen LogP contribution in [-0.2, 0) is 4.74 Å². The summed E-state index contributed by atoms with van der Waals surface area (Å²) in [5.74, 6) is 0.567. The molecule has 0 spiro atoms. The monoisotopic (exact) mass is 386 g/mol. The van der Waals surface area contributed by atoms with Gasteiger partial charge >= 0.3 is 0 Å². The van der Waals surface area contributed by atoms with E-state index in [0.717, 1.165) is 11.4 Å². The number of rotatable bonds is 4. The Bertz CT molecular complexity index is 825. The van der Waals surface area contributed by atoms with Gasteiger partial charge in [-0.3, -0.25) is 14.6 Å². The number of ether oxygens (including phenoxy) is 1. The molecule has 4 heterocycles. The van der Waals surface area contributed by atoms with Gasteiger partial charge in [0, 0.05) is 48.9 Å². The minimum Gasteiger partial charge on any atom is -0.376 e. The van der Waals surface area contributed by atoms with Crippen LogP contribution in [0.25, 0.3) is 0 Å². The van der Waals surface area contributed by atoms with Gasteiger partial charge in [-0.15, -0.1) is 11.3 Å². The number of carbonyl (C=O) groups is 2. The first kappa shape index (κ1) is 18.1. The van der Waals surface area contributed by atoms with E-state index in [4.69, 9.17) is 4.74 Å². The Morgan fingerprint density at radius 1 is 1.37 bits per heavy atom. The third-order valence-corrected chi connectivity index (χ3v) is 6.10. The van der Waals surface area contributed by atoms with Crippen molar-refractivity contribution in [2.24, 2.45) is 11.8 Å². The molecule has 8 heteroatoms. The molecular formula is C19H22N4O3S. The number of aromatic nitrogens is 2. The van der Waals surface area contributed by atoms with E-state index in [9.17, 15) is 9.59 Å². The van der Waals surface area contributed by atoms with E-state index < -0.39 is 0 Å². The molecule has 0 bridgehead atoms. The lowest BCUT2D eigenvalue weighted by Gasteiger charge is -2.35. The van der Waals surface area contributed by atoms with Gasteiger partial charge in [-0.1, -0.05) is 0 Å². The highest BCUT2D eigenvalue weighted by Crippen LogP contribution is 2.34. The summed E-state index contributed by atoms with van der Waals surface area (Å²) in [7, 11) is 0. The molecule has 2 aliphatic rings. The molecule has 3 atom stereocenters. The number of aryl methyl sites for hydroxylation is 1. The highest BCUT2D eigenvalue weighted by Gasteiger charge is 2.42. The van der Waals surface area contributed by atoms with Crippen molar-refractivity contribution >= 4 is 23.2 Å². The van der Waals surface area contributed by atoms with Crippen molar-refractivity contribution in [3.8, 4) is 0 Å². The number of piperidine rings is 1. The molecule has 1 N–H and O–H groups in total. The lowest BCUT2D eigenvalue weighted by molar-refractivity contribution is 0.0603. The number of hydrogen-bond acceptors (Lipinski definition) is 6. The first-order valence-corrected chi connectivity index (χ1v) is 10.0. The van der Waals surface area contributed by atoms with Crippen LogP contribution in [0.4, 0.5) is 0 Å². The normalized spacial score (nSPS) is 24.5. The third-order valence-electron chi connectivity index (χ3n) is 5.33. The summed E-state index contributed by atoms with van der Waals surface area (Å²) < 4.78 is 5.95. The van der Waals surface area contributed by atoms with E-state index in [1.807, 2.05) is 17.2 Å². The van der Waals surface area contributed by atoms with Crippen molar-refractivity contribution in [1.82, 2.24) is 20.2 Å². The average Bonchev–Trinajstić information content (AvgIpc) is 3.32. The first-order chi connectivity index (χ1) is 13.1. The number of thiazole rings is 1. The standard InChI is InChI=1S/C19H22N4O3S/c1-12-22-16(11-27-12)19(25)23-7-4-15-14(9-23)10-26-17(15)8-21-18(24)13-2-5-20-6-3-13/h2-3,5-6,11,14-15,17H,4,7-10H2,1H3,(H,21,24)/t14-,15-,17-/m0/s1. The number of hydrogen-bond donors (Lipinski definition) is 1. The summed E-state index contributed by atoms with van der Waals surface area (Å²) in [6, 6.07) is 3.38. The molecule has 2 saturated heterocycles. The Kier molecular flexibility index (Phi) is 5.18. The van der Waals surface area contributed by atoms with Gasteiger partial charge in [-0.25, -0.2) is 4.98 Å². The van der Waals surface area contributed by atoms with Crippen LogP contribution in [0.1, 0.15) is 32.3 Å². The van der Waals surface area contributed by atoms with Crippen molar-refractivity contribution in [1.29, 1.82) is 0 Å². The number of carbonyl (C=O) groups excluding carboxylic acids is 2. The molecule has 27 heavy (non-hydrogen) atoms. The number of amides is 2. The summed E-state index contributed by atoms with van der Waals surface area (Å²) >= 11 is 1.50. The van der Waals surface area contributed by atoms with Crippen LogP contribution in [-0.4, -0.2) is 59.0 Å². The summed E-state index contributed by atoms with van der Waals surface area (Å²) in [6.45, 7) is 4.41. The minimum absolute atomic E-state index is 0.000411. The molecule has 2 fully saturated rings. The zero-order chi connectivity index (χ0) is 18.8. The Labute approximate surface area is 161 Å². The van der Waals surface area contributed by atoms with Crippen LogP contribution in [0.2, 0.25) is 0 Å². The van der Waals surface area contributed by atoms with Gasteiger partial charge in [0.15, 0.2) is 0 Å². The topological polar surface area (TPSA) is 84.4 Å². The van der Waals surface area contributed by atoms with Gasteiger partial charge in [-0.2, -0.15) is 0 Å². The van der Waals surface area contributed by atoms with Crippen LogP contribution in [0, 0.1) is 18.8 Å². The van der Waals surface area contributed by atoms with Gasteiger partial charge < -0.3 is 15.0 Å². The van der Waals surface area contributed by atoms with Crippen molar-refractivity contribution in [3.05, 3.63) is 46.2 Å². The molecule has 2 aliphatic heterocycles. The zero-order valence-corrected chi connectivity index (χ0v) is 15.9. The summed E-state index contributed by atoms with van der Waals surface area (Å²) in [5.41, 5.74) is 1.13. The van der Waals surface area contributed by atoms with E-state index in [0.29, 0.717) is 49.3 Å². The van der Waals surface area contributed by atoms with E-state index in [1.54, 1.807) is 24.5 Å². The zero-order valence-electron chi connectivity index (χ0n) is 15.1. The highest BCUT2D eigenvalue weighted by molar-refractivity contribution is 7.09.